The molecule has 3 aliphatic rings. The Bertz CT molecular complexity index is 1040. The molecule has 1 aliphatic carbocycles. The van der Waals surface area contributed by atoms with Crippen molar-refractivity contribution >= 4 is 39.1 Å². The second-order valence-corrected chi connectivity index (χ2v) is 9.30. The van der Waals surface area contributed by atoms with Crippen LogP contribution in [0.4, 0.5) is 0 Å². The molecule has 0 radical (unpaired) electrons. The highest BCUT2D eigenvalue weighted by Crippen LogP contribution is 2.40. The average molecular weight is 428 g/mol. The van der Waals surface area contributed by atoms with Crippen LogP contribution in [0.2, 0.25) is 5.02 Å². The number of halogens is 1. The number of hydrogen-bond acceptors (Lipinski definition) is 5. The van der Waals surface area contributed by atoms with Crippen molar-refractivity contribution in [3.05, 3.63) is 53.1 Å². The van der Waals surface area contributed by atoms with Crippen molar-refractivity contribution in [1.29, 1.82) is 0 Å². The standard InChI is InChI=1S/C22H22ClN3O2S/c1-13(27)24-15-9-16-11-17(10-15)26(16)12-14-5-7-18(8-6-14)28-22-25-21-19(23)3-2-4-20(21)29-22/h2-8,15-17H,9-12H2,1H3,(H,24,27)/t15?,16-,17?/m1/s1. The van der Waals surface area contributed by atoms with Gasteiger partial charge in [0.15, 0.2) is 0 Å². The molecule has 1 aromatic heterocycles. The molecule has 3 atom stereocenters. The van der Waals surface area contributed by atoms with Crippen molar-refractivity contribution in [3.8, 4) is 10.9 Å². The van der Waals surface area contributed by atoms with Gasteiger partial charge in [-0.1, -0.05) is 41.1 Å². The summed E-state index contributed by atoms with van der Waals surface area (Å²) in [7, 11) is 0. The Morgan fingerprint density at radius 2 is 1.97 bits per heavy atom. The first kappa shape index (κ1) is 18.9. The number of piperidine rings is 1. The summed E-state index contributed by atoms with van der Waals surface area (Å²) in [6.45, 7) is 2.55. The molecule has 2 bridgehead atoms. The number of ether oxygens (including phenoxy) is 1. The molecule has 1 amide bonds. The topological polar surface area (TPSA) is 54.5 Å². The second kappa shape index (κ2) is 7.59. The number of aromatic nitrogens is 1. The Balaban J connectivity index is 1.21. The minimum absolute atomic E-state index is 0.0776. The predicted octanol–water partition coefficient (Wildman–Crippen LogP) is 4.98. The lowest BCUT2D eigenvalue weighted by Crippen LogP contribution is -2.63. The smallest absolute Gasteiger partial charge is 0.279 e. The molecular weight excluding hydrogens is 406 g/mol. The zero-order chi connectivity index (χ0) is 20.0. The molecule has 150 valence electrons. The fourth-order valence-corrected chi connectivity index (χ4v) is 5.67. The number of rotatable bonds is 5. The largest absolute Gasteiger partial charge is 0.431 e. The summed E-state index contributed by atoms with van der Waals surface area (Å²) in [6.07, 6.45) is 3.35. The van der Waals surface area contributed by atoms with E-state index in [-0.39, 0.29) is 5.91 Å². The molecule has 6 rings (SSSR count). The van der Waals surface area contributed by atoms with Gasteiger partial charge >= 0.3 is 0 Å². The van der Waals surface area contributed by atoms with Crippen LogP contribution < -0.4 is 10.1 Å². The first-order chi connectivity index (χ1) is 14.0. The van der Waals surface area contributed by atoms with Gasteiger partial charge in [-0.15, -0.1) is 0 Å². The highest BCUT2D eigenvalue weighted by Gasteiger charge is 2.45. The Labute approximate surface area is 178 Å². The third-order valence-electron chi connectivity index (χ3n) is 5.85. The number of amides is 1. The van der Waals surface area contributed by atoms with Crippen molar-refractivity contribution in [1.82, 2.24) is 15.2 Å². The maximum Gasteiger partial charge on any atom is 0.279 e. The summed E-state index contributed by atoms with van der Waals surface area (Å²) in [5.74, 6) is 0.854. The molecule has 3 heterocycles. The van der Waals surface area contributed by atoms with Crippen LogP contribution >= 0.6 is 22.9 Å². The number of hydrogen-bond donors (Lipinski definition) is 1. The van der Waals surface area contributed by atoms with Crippen LogP contribution in [0.5, 0.6) is 10.9 Å². The lowest BCUT2D eigenvalue weighted by atomic mass is 9.76. The Morgan fingerprint density at radius 1 is 1.21 bits per heavy atom. The highest BCUT2D eigenvalue weighted by atomic mass is 35.5. The summed E-state index contributed by atoms with van der Waals surface area (Å²) in [6, 6.07) is 15.5. The van der Waals surface area contributed by atoms with E-state index in [4.69, 9.17) is 16.3 Å². The molecule has 2 saturated heterocycles. The maximum absolute atomic E-state index is 11.3. The van der Waals surface area contributed by atoms with Crippen LogP contribution in [0, 0.1) is 0 Å². The quantitative estimate of drug-likeness (QED) is 0.623. The molecular formula is C22H22ClN3O2S. The molecule has 0 spiro atoms. The molecule has 3 fully saturated rings. The molecule has 3 aromatic rings. The van der Waals surface area contributed by atoms with Crippen molar-refractivity contribution in [3.63, 3.8) is 0 Å². The number of nitrogens with zero attached hydrogens (tertiary/aromatic N) is 2. The van der Waals surface area contributed by atoms with Gasteiger partial charge in [-0.05, 0) is 49.1 Å². The van der Waals surface area contributed by atoms with Crippen molar-refractivity contribution < 1.29 is 9.53 Å². The third-order valence-corrected chi connectivity index (χ3v) is 7.05. The summed E-state index contributed by atoms with van der Waals surface area (Å²) >= 11 is 7.69. The van der Waals surface area contributed by atoms with E-state index >= 15 is 0 Å². The minimum Gasteiger partial charge on any atom is -0.431 e. The number of para-hydroxylation sites is 1. The fourth-order valence-electron chi connectivity index (χ4n) is 4.54. The second-order valence-electron chi connectivity index (χ2n) is 7.90. The number of nitrogens with one attached hydrogen (secondary N) is 1. The van der Waals surface area contributed by atoms with E-state index in [2.05, 4.69) is 27.3 Å². The Kier molecular flexibility index (Phi) is 4.94. The van der Waals surface area contributed by atoms with E-state index in [9.17, 15) is 4.79 Å². The van der Waals surface area contributed by atoms with Gasteiger partial charge in [-0.3, -0.25) is 9.69 Å². The molecule has 2 aliphatic heterocycles. The van der Waals surface area contributed by atoms with Crippen LogP contribution in [0.1, 0.15) is 31.7 Å². The molecule has 1 N–H and O–H groups in total. The average Bonchev–Trinajstić information content (AvgIpc) is 3.11. The van der Waals surface area contributed by atoms with Crippen LogP contribution in [-0.2, 0) is 11.3 Å². The normalized spacial score (nSPS) is 23.6. The van der Waals surface area contributed by atoms with E-state index in [0.717, 1.165) is 35.4 Å². The van der Waals surface area contributed by atoms with E-state index in [1.165, 1.54) is 23.3 Å². The first-order valence-electron chi connectivity index (χ1n) is 9.90. The SMILES string of the molecule is CC(=O)NC1CC2C[C@@H](C1)N2Cc1ccc(Oc2nc3c(Cl)cccc3s2)cc1. The van der Waals surface area contributed by atoms with Gasteiger partial charge in [-0.2, -0.15) is 0 Å². The van der Waals surface area contributed by atoms with E-state index in [0.29, 0.717) is 28.3 Å². The third kappa shape index (κ3) is 3.84. The van der Waals surface area contributed by atoms with Gasteiger partial charge in [0.1, 0.15) is 11.3 Å². The van der Waals surface area contributed by atoms with Crippen LogP contribution in [-0.4, -0.2) is 33.9 Å². The number of carbonyl (C=O) groups excluding carboxylic acids is 1. The summed E-state index contributed by atoms with van der Waals surface area (Å²) in [4.78, 5) is 18.3. The lowest BCUT2D eigenvalue weighted by molar-refractivity contribution is -0.121. The monoisotopic (exact) mass is 427 g/mol. The molecule has 1 saturated carbocycles. The van der Waals surface area contributed by atoms with Gasteiger partial charge in [0, 0.05) is 31.6 Å². The van der Waals surface area contributed by atoms with Gasteiger partial charge in [0.2, 0.25) is 5.91 Å². The minimum atomic E-state index is 0.0776. The zero-order valence-corrected chi connectivity index (χ0v) is 17.7. The van der Waals surface area contributed by atoms with Crippen LogP contribution in [0.3, 0.4) is 0 Å². The number of carbonyl (C=O) groups is 1. The van der Waals surface area contributed by atoms with Gasteiger partial charge in [0.05, 0.1) is 9.72 Å². The van der Waals surface area contributed by atoms with E-state index in [1.807, 2.05) is 30.3 Å². The zero-order valence-electron chi connectivity index (χ0n) is 16.1. The molecule has 2 unspecified atom stereocenters. The summed E-state index contributed by atoms with van der Waals surface area (Å²) in [5, 5.41) is 4.32. The van der Waals surface area contributed by atoms with Crippen molar-refractivity contribution in [2.45, 2.75) is 50.9 Å². The number of benzene rings is 2. The van der Waals surface area contributed by atoms with Gasteiger partial charge in [0.25, 0.3) is 5.19 Å². The Hall–Kier alpha value is -2.15. The van der Waals surface area contributed by atoms with Crippen LogP contribution in [0.25, 0.3) is 10.2 Å². The molecule has 2 aromatic carbocycles. The predicted molar refractivity (Wildman–Crippen MR) is 116 cm³/mol. The maximum atomic E-state index is 11.3. The van der Waals surface area contributed by atoms with Crippen LogP contribution in [0.15, 0.2) is 42.5 Å². The summed E-state index contributed by atoms with van der Waals surface area (Å²) < 4.78 is 6.96. The van der Waals surface area contributed by atoms with E-state index in [1.54, 1.807) is 6.92 Å². The molecule has 5 nitrogen and oxygen atoms in total. The first-order valence-corrected chi connectivity index (χ1v) is 11.1. The number of thiazole rings is 1. The van der Waals surface area contributed by atoms with Gasteiger partial charge < -0.3 is 10.1 Å². The van der Waals surface area contributed by atoms with E-state index < -0.39 is 0 Å². The Morgan fingerprint density at radius 3 is 2.66 bits per heavy atom. The number of fused-ring (bicyclic) bond motifs is 3. The lowest BCUT2D eigenvalue weighted by Gasteiger charge is -2.55. The fraction of sp³-hybridized carbons (Fsp3) is 0.364. The van der Waals surface area contributed by atoms with Crippen molar-refractivity contribution in [2.75, 3.05) is 0 Å². The van der Waals surface area contributed by atoms with Crippen molar-refractivity contribution in [2.24, 2.45) is 0 Å². The molecule has 7 heteroatoms. The summed E-state index contributed by atoms with van der Waals surface area (Å²) in [5.41, 5.74) is 2.06. The highest BCUT2D eigenvalue weighted by molar-refractivity contribution is 7.20. The van der Waals surface area contributed by atoms with Gasteiger partial charge in [-0.25, -0.2) is 4.98 Å². The molecule has 29 heavy (non-hydrogen) atoms.